The zero-order valence-electron chi connectivity index (χ0n) is 13.1. The molecule has 0 saturated heterocycles. The number of nitrogens with one attached hydrogen (secondary N) is 1. The second-order valence-corrected chi connectivity index (χ2v) is 6.52. The van der Waals surface area contributed by atoms with Crippen molar-refractivity contribution < 1.29 is 14.4 Å². The number of hydrogen-bond acceptors (Lipinski definition) is 5. The minimum atomic E-state index is -0.348. The Morgan fingerprint density at radius 2 is 1.80 bits per heavy atom. The molecule has 0 unspecified atom stereocenters. The van der Waals surface area contributed by atoms with Gasteiger partial charge in [-0.05, 0) is 41.9 Å². The monoisotopic (exact) mass is 351 g/mol. The van der Waals surface area contributed by atoms with E-state index in [0.717, 1.165) is 15.0 Å². The predicted molar refractivity (Wildman–Crippen MR) is 94.7 cm³/mol. The Morgan fingerprint density at radius 3 is 2.52 bits per heavy atom. The first-order chi connectivity index (χ1) is 12.1. The van der Waals surface area contributed by atoms with Crippen LogP contribution in [0.1, 0.15) is 27.1 Å². The maximum Gasteiger partial charge on any atom is 0.261 e. The lowest BCUT2D eigenvalue weighted by atomic mass is 10.1. The maximum atomic E-state index is 12.3. The van der Waals surface area contributed by atoms with E-state index in [9.17, 15) is 14.4 Å². The minimum Gasteiger partial charge on any atom is -0.326 e. The van der Waals surface area contributed by atoms with Crippen LogP contribution in [0.25, 0.3) is 10.1 Å². The van der Waals surface area contributed by atoms with E-state index in [4.69, 9.17) is 0 Å². The number of benzene rings is 2. The van der Waals surface area contributed by atoms with Gasteiger partial charge in [-0.1, -0.05) is 12.1 Å². The summed E-state index contributed by atoms with van der Waals surface area (Å²) in [6.45, 7) is 0.0560. The zero-order chi connectivity index (χ0) is 17.4. The number of hydrogen-bond donors (Lipinski definition) is 1. The van der Waals surface area contributed by atoms with Gasteiger partial charge in [0.25, 0.3) is 11.8 Å². The van der Waals surface area contributed by atoms with E-state index >= 15 is 0 Å². The third kappa shape index (κ3) is 2.78. The number of amides is 3. The lowest BCUT2D eigenvalue weighted by molar-refractivity contribution is -0.116. The van der Waals surface area contributed by atoms with Crippen LogP contribution in [-0.2, 0) is 4.79 Å². The van der Waals surface area contributed by atoms with E-state index in [2.05, 4.69) is 9.69 Å². The number of rotatable bonds is 4. The largest absolute Gasteiger partial charge is 0.326 e. The summed E-state index contributed by atoms with van der Waals surface area (Å²) in [6, 6.07) is 12.2. The molecule has 1 aromatic heterocycles. The van der Waals surface area contributed by atoms with Crippen LogP contribution in [0, 0.1) is 0 Å². The van der Waals surface area contributed by atoms with Crippen molar-refractivity contribution in [2.75, 3.05) is 11.9 Å². The van der Waals surface area contributed by atoms with Crippen molar-refractivity contribution in [3.8, 4) is 0 Å². The lowest BCUT2D eigenvalue weighted by Gasteiger charge is -2.13. The highest BCUT2D eigenvalue weighted by atomic mass is 32.1. The molecule has 124 valence electrons. The number of imide groups is 1. The van der Waals surface area contributed by atoms with Crippen LogP contribution in [0.5, 0.6) is 0 Å². The van der Waals surface area contributed by atoms with Crippen LogP contribution in [-0.4, -0.2) is 33.5 Å². The van der Waals surface area contributed by atoms with E-state index in [1.807, 2.05) is 12.1 Å². The molecule has 0 bridgehead atoms. The number of fused-ring (bicyclic) bond motifs is 2. The van der Waals surface area contributed by atoms with Crippen LogP contribution >= 0.6 is 11.5 Å². The zero-order valence-corrected chi connectivity index (χ0v) is 13.9. The maximum absolute atomic E-state index is 12.3. The van der Waals surface area contributed by atoms with E-state index in [1.54, 1.807) is 36.5 Å². The molecule has 2 aromatic carbocycles. The van der Waals surface area contributed by atoms with Crippen LogP contribution in [0.2, 0.25) is 0 Å². The average Bonchev–Trinajstić information content (AvgIpc) is 3.17. The van der Waals surface area contributed by atoms with Crippen molar-refractivity contribution in [3.05, 3.63) is 59.8 Å². The molecule has 3 amide bonds. The molecular formula is C18H13N3O3S. The average molecular weight is 351 g/mol. The Balaban J connectivity index is 1.41. The fraction of sp³-hybridized carbons (Fsp3) is 0.111. The van der Waals surface area contributed by atoms with Crippen molar-refractivity contribution in [1.29, 1.82) is 0 Å². The molecule has 4 rings (SSSR count). The van der Waals surface area contributed by atoms with Crippen molar-refractivity contribution in [1.82, 2.24) is 9.27 Å². The third-order valence-electron chi connectivity index (χ3n) is 4.08. The summed E-state index contributed by atoms with van der Waals surface area (Å²) in [5.41, 5.74) is 1.45. The summed E-state index contributed by atoms with van der Waals surface area (Å²) in [5, 5.41) is 3.75. The molecule has 0 saturated carbocycles. The second kappa shape index (κ2) is 6.10. The molecule has 0 aliphatic carbocycles. The Kier molecular flexibility index (Phi) is 3.77. The lowest BCUT2D eigenvalue weighted by Crippen LogP contribution is -2.32. The second-order valence-electron chi connectivity index (χ2n) is 5.68. The molecule has 1 aliphatic heterocycles. The highest BCUT2D eigenvalue weighted by molar-refractivity contribution is 7.13. The van der Waals surface area contributed by atoms with Crippen molar-refractivity contribution >= 4 is 45.0 Å². The van der Waals surface area contributed by atoms with Gasteiger partial charge in [0, 0.05) is 30.2 Å². The highest BCUT2D eigenvalue weighted by Gasteiger charge is 2.34. The van der Waals surface area contributed by atoms with Gasteiger partial charge in [-0.3, -0.25) is 19.3 Å². The van der Waals surface area contributed by atoms with E-state index in [0.29, 0.717) is 16.8 Å². The van der Waals surface area contributed by atoms with Gasteiger partial charge in [0.2, 0.25) is 5.91 Å². The fourth-order valence-corrected chi connectivity index (χ4v) is 3.45. The van der Waals surface area contributed by atoms with Gasteiger partial charge in [0.1, 0.15) is 0 Å². The predicted octanol–water partition coefficient (Wildman–Crippen LogP) is 2.92. The number of aromatic nitrogens is 1. The van der Waals surface area contributed by atoms with Crippen LogP contribution in [0.3, 0.4) is 0 Å². The van der Waals surface area contributed by atoms with Gasteiger partial charge < -0.3 is 5.32 Å². The van der Waals surface area contributed by atoms with E-state index in [-0.39, 0.29) is 30.7 Å². The first-order valence-corrected chi connectivity index (χ1v) is 8.50. The van der Waals surface area contributed by atoms with Crippen molar-refractivity contribution in [3.63, 3.8) is 0 Å². The highest BCUT2D eigenvalue weighted by Crippen LogP contribution is 2.23. The van der Waals surface area contributed by atoms with E-state index in [1.165, 1.54) is 11.5 Å². The molecule has 0 fully saturated rings. The molecule has 6 nitrogen and oxygen atoms in total. The number of carbonyl (C=O) groups is 3. The molecule has 1 N–H and O–H groups in total. The van der Waals surface area contributed by atoms with Crippen molar-refractivity contribution in [2.24, 2.45) is 0 Å². The Bertz CT molecular complexity index is 976. The van der Waals surface area contributed by atoms with Gasteiger partial charge >= 0.3 is 0 Å². The normalized spacial score (nSPS) is 13.4. The van der Waals surface area contributed by atoms with Gasteiger partial charge in [0.05, 0.1) is 15.8 Å². The van der Waals surface area contributed by atoms with Gasteiger partial charge in [-0.25, -0.2) is 0 Å². The SMILES string of the molecule is O=C(CCN1C(=O)c2ccccc2C1=O)Nc1ccc2sncc2c1. The standard InChI is InChI=1S/C18H13N3O3S/c22-16(20-12-5-6-15-11(9-12)10-19-25-15)7-8-21-17(23)13-3-1-2-4-14(13)18(21)24/h1-6,9-10H,7-8H2,(H,20,22). The van der Waals surface area contributed by atoms with Gasteiger partial charge in [-0.15, -0.1) is 0 Å². The first-order valence-electron chi connectivity index (χ1n) is 7.73. The number of nitrogens with zero attached hydrogens (tertiary/aromatic N) is 2. The fourth-order valence-electron chi connectivity index (χ4n) is 2.83. The van der Waals surface area contributed by atoms with Gasteiger partial charge in [-0.2, -0.15) is 4.37 Å². The van der Waals surface area contributed by atoms with Gasteiger partial charge in [0.15, 0.2) is 0 Å². The Labute approximate surface area is 147 Å². The molecule has 0 atom stereocenters. The first kappa shape index (κ1) is 15.5. The topological polar surface area (TPSA) is 79.4 Å². The Morgan fingerprint density at radius 1 is 1.08 bits per heavy atom. The quantitative estimate of drug-likeness (QED) is 0.733. The smallest absolute Gasteiger partial charge is 0.261 e. The molecule has 2 heterocycles. The summed E-state index contributed by atoms with van der Waals surface area (Å²) in [6.07, 6.45) is 1.79. The van der Waals surface area contributed by atoms with Crippen LogP contribution < -0.4 is 5.32 Å². The molecule has 7 heteroatoms. The molecular weight excluding hydrogens is 338 g/mol. The molecule has 0 radical (unpaired) electrons. The summed E-state index contributed by atoms with van der Waals surface area (Å²) in [5.74, 6) is -0.947. The van der Waals surface area contributed by atoms with Crippen LogP contribution in [0.4, 0.5) is 5.69 Å². The summed E-state index contributed by atoms with van der Waals surface area (Å²) in [7, 11) is 0. The minimum absolute atomic E-state index is 0.0470. The van der Waals surface area contributed by atoms with Crippen LogP contribution in [0.15, 0.2) is 48.7 Å². The molecule has 1 aliphatic rings. The Hall–Kier alpha value is -3.06. The third-order valence-corrected chi connectivity index (χ3v) is 4.86. The molecule has 25 heavy (non-hydrogen) atoms. The molecule has 0 spiro atoms. The van der Waals surface area contributed by atoms with Crippen molar-refractivity contribution in [2.45, 2.75) is 6.42 Å². The summed E-state index contributed by atoms with van der Waals surface area (Å²) < 4.78 is 5.14. The van der Waals surface area contributed by atoms with E-state index < -0.39 is 0 Å². The summed E-state index contributed by atoms with van der Waals surface area (Å²) >= 11 is 1.39. The number of carbonyl (C=O) groups excluding carboxylic acids is 3. The molecule has 3 aromatic rings. The number of anilines is 1. The summed E-state index contributed by atoms with van der Waals surface area (Å²) in [4.78, 5) is 37.8.